The Morgan fingerprint density at radius 3 is 2.46 bits per heavy atom. The zero-order valence-corrected chi connectivity index (χ0v) is 14.8. The van der Waals surface area contributed by atoms with Crippen LogP contribution >= 0.6 is 23.7 Å². The van der Waals surface area contributed by atoms with Gasteiger partial charge in [-0.2, -0.15) is 0 Å². The topological polar surface area (TPSA) is 76.3 Å². The minimum atomic E-state index is -0.0634. The predicted molar refractivity (Wildman–Crippen MR) is 96.7 cm³/mol. The summed E-state index contributed by atoms with van der Waals surface area (Å²) in [5.41, 5.74) is 6.75. The van der Waals surface area contributed by atoms with E-state index in [1.165, 1.54) is 11.3 Å². The summed E-state index contributed by atoms with van der Waals surface area (Å²) in [6.45, 7) is 1.54. The van der Waals surface area contributed by atoms with Crippen molar-refractivity contribution in [1.29, 1.82) is 0 Å². The first-order valence-electron chi connectivity index (χ1n) is 7.72. The second kappa shape index (κ2) is 8.37. The average Bonchev–Trinajstić information content (AvgIpc) is 3.10. The number of hydrogen-bond donors (Lipinski definition) is 1. The molecule has 0 atom stereocenters. The number of piperidine rings is 1. The molecule has 128 valence electrons. The first-order valence-corrected chi connectivity index (χ1v) is 8.60. The number of carbonyl (C=O) groups is 2. The number of carbonyl (C=O) groups excluding carboxylic acids is 2. The summed E-state index contributed by atoms with van der Waals surface area (Å²) in [7, 11) is 0. The molecule has 0 unspecified atom stereocenters. The number of halogens is 1. The van der Waals surface area contributed by atoms with Crippen molar-refractivity contribution in [3.05, 3.63) is 52.0 Å². The van der Waals surface area contributed by atoms with E-state index >= 15 is 0 Å². The number of nitrogens with two attached hydrogens (primary N) is 1. The number of ketones is 1. The lowest BCUT2D eigenvalue weighted by atomic mass is 9.89. The van der Waals surface area contributed by atoms with Crippen molar-refractivity contribution < 1.29 is 9.59 Å². The normalized spacial score (nSPS) is 15.0. The SMILES string of the molecule is Cl.NCc1nc(C(=O)N2CCC(C(=O)c3ccccc3)CC2)cs1. The van der Waals surface area contributed by atoms with Crippen LogP contribution in [-0.4, -0.2) is 34.7 Å². The van der Waals surface area contributed by atoms with Gasteiger partial charge in [-0.3, -0.25) is 9.59 Å². The van der Waals surface area contributed by atoms with Crippen LogP contribution in [0.1, 0.15) is 38.7 Å². The summed E-state index contributed by atoms with van der Waals surface area (Å²) < 4.78 is 0. The van der Waals surface area contributed by atoms with Crippen molar-refractivity contribution in [2.75, 3.05) is 13.1 Å². The second-order valence-electron chi connectivity index (χ2n) is 5.63. The van der Waals surface area contributed by atoms with E-state index in [9.17, 15) is 9.59 Å². The molecule has 0 spiro atoms. The van der Waals surface area contributed by atoms with Gasteiger partial charge in [0, 0.05) is 36.5 Å². The fraction of sp³-hybridized carbons (Fsp3) is 0.353. The lowest BCUT2D eigenvalue weighted by Crippen LogP contribution is -2.40. The zero-order chi connectivity index (χ0) is 16.2. The van der Waals surface area contributed by atoms with E-state index < -0.39 is 0 Å². The molecule has 2 N–H and O–H groups in total. The molecule has 2 aromatic rings. The summed E-state index contributed by atoms with van der Waals surface area (Å²) in [6, 6.07) is 9.36. The van der Waals surface area contributed by atoms with Gasteiger partial charge in [0.2, 0.25) is 0 Å². The lowest BCUT2D eigenvalue weighted by Gasteiger charge is -2.30. The molecule has 3 rings (SSSR count). The molecule has 1 aromatic carbocycles. The van der Waals surface area contributed by atoms with Crippen molar-refractivity contribution in [2.24, 2.45) is 11.7 Å². The largest absolute Gasteiger partial charge is 0.337 e. The highest BCUT2D eigenvalue weighted by Gasteiger charge is 2.29. The van der Waals surface area contributed by atoms with Crippen molar-refractivity contribution in [2.45, 2.75) is 19.4 Å². The van der Waals surface area contributed by atoms with Gasteiger partial charge >= 0.3 is 0 Å². The zero-order valence-electron chi connectivity index (χ0n) is 13.2. The fourth-order valence-electron chi connectivity index (χ4n) is 2.85. The third-order valence-electron chi connectivity index (χ3n) is 4.16. The Hall–Kier alpha value is -1.76. The number of rotatable bonds is 4. The van der Waals surface area contributed by atoms with Crippen molar-refractivity contribution in [1.82, 2.24) is 9.88 Å². The summed E-state index contributed by atoms with van der Waals surface area (Å²) in [5.74, 6) is 0.111. The van der Waals surface area contributed by atoms with Crippen molar-refractivity contribution in [3.63, 3.8) is 0 Å². The van der Waals surface area contributed by atoms with Crippen LogP contribution in [0.25, 0.3) is 0 Å². The minimum absolute atomic E-state index is 0. The first kappa shape index (κ1) is 18.6. The number of aromatic nitrogens is 1. The number of benzene rings is 1. The Bertz CT molecular complexity index is 697. The van der Waals surface area contributed by atoms with E-state index in [1.807, 2.05) is 30.3 Å². The van der Waals surface area contributed by atoms with Crippen molar-refractivity contribution >= 4 is 35.4 Å². The van der Waals surface area contributed by atoms with Crippen LogP contribution in [0.5, 0.6) is 0 Å². The molecule has 0 bridgehead atoms. The van der Waals surface area contributed by atoms with E-state index in [-0.39, 0.29) is 30.0 Å². The third-order valence-corrected chi connectivity index (χ3v) is 5.03. The quantitative estimate of drug-likeness (QED) is 0.845. The molecule has 1 amide bonds. The maximum atomic E-state index is 12.5. The Kier molecular flexibility index (Phi) is 6.48. The molecule has 1 aliphatic heterocycles. The van der Waals surface area contributed by atoms with Gasteiger partial charge in [0.05, 0.1) is 0 Å². The molecule has 2 heterocycles. The first-order chi connectivity index (χ1) is 11.2. The number of Topliss-reactive ketones (excluding diaryl/α,β-unsaturated/α-hetero) is 1. The standard InChI is InChI=1S/C17H19N3O2S.ClH/c18-10-15-19-14(11-23-15)17(22)20-8-6-13(7-9-20)16(21)12-4-2-1-3-5-12;/h1-5,11,13H,6-10,18H2;1H. The predicted octanol–water partition coefficient (Wildman–Crippen LogP) is 2.76. The van der Waals surface area contributed by atoms with Gasteiger partial charge < -0.3 is 10.6 Å². The fourth-order valence-corrected chi connectivity index (χ4v) is 3.50. The average molecular weight is 366 g/mol. The molecular weight excluding hydrogens is 346 g/mol. The van der Waals surface area contributed by atoms with Gasteiger partial charge in [-0.1, -0.05) is 30.3 Å². The molecule has 7 heteroatoms. The minimum Gasteiger partial charge on any atom is -0.337 e. The highest BCUT2D eigenvalue weighted by Crippen LogP contribution is 2.23. The summed E-state index contributed by atoms with van der Waals surface area (Å²) in [5, 5.41) is 2.52. The van der Waals surface area contributed by atoms with E-state index in [4.69, 9.17) is 5.73 Å². The van der Waals surface area contributed by atoms with Crippen LogP contribution in [0.3, 0.4) is 0 Å². The molecule has 24 heavy (non-hydrogen) atoms. The van der Waals surface area contributed by atoms with Crippen molar-refractivity contribution in [3.8, 4) is 0 Å². The van der Waals surface area contributed by atoms with Crippen LogP contribution in [-0.2, 0) is 6.54 Å². The Morgan fingerprint density at radius 2 is 1.88 bits per heavy atom. The second-order valence-corrected chi connectivity index (χ2v) is 6.57. The van der Waals surface area contributed by atoms with Gasteiger partial charge in [-0.05, 0) is 12.8 Å². The third kappa shape index (κ3) is 4.01. The van der Waals surface area contributed by atoms with Gasteiger partial charge in [-0.15, -0.1) is 23.7 Å². The highest BCUT2D eigenvalue weighted by molar-refractivity contribution is 7.09. The smallest absolute Gasteiger partial charge is 0.273 e. The van der Waals surface area contributed by atoms with Gasteiger partial charge in [-0.25, -0.2) is 4.98 Å². The van der Waals surface area contributed by atoms with Crippen LogP contribution in [0.15, 0.2) is 35.7 Å². The molecule has 0 saturated carbocycles. The maximum Gasteiger partial charge on any atom is 0.273 e. The van der Waals surface area contributed by atoms with E-state index in [0.717, 1.165) is 10.6 Å². The molecule has 1 saturated heterocycles. The van der Waals surface area contributed by atoms with Gasteiger partial charge in [0.25, 0.3) is 5.91 Å². The number of amides is 1. The monoisotopic (exact) mass is 365 g/mol. The van der Waals surface area contributed by atoms with E-state index in [1.54, 1.807) is 10.3 Å². The van der Waals surface area contributed by atoms with Crippen LogP contribution in [0, 0.1) is 5.92 Å². The molecule has 1 aliphatic rings. The Labute approximate surface area is 151 Å². The lowest BCUT2D eigenvalue weighted by molar-refractivity contribution is 0.0646. The molecule has 0 radical (unpaired) electrons. The summed E-state index contributed by atoms with van der Waals surface area (Å²) in [6.07, 6.45) is 1.40. The van der Waals surface area contributed by atoms with Crippen LogP contribution < -0.4 is 5.73 Å². The van der Waals surface area contributed by atoms with Crippen LogP contribution in [0.2, 0.25) is 0 Å². The van der Waals surface area contributed by atoms with Gasteiger partial charge in [0.1, 0.15) is 10.7 Å². The van der Waals surface area contributed by atoms with E-state index in [2.05, 4.69) is 4.98 Å². The molecule has 5 nitrogen and oxygen atoms in total. The number of likely N-dealkylation sites (tertiary alicyclic amines) is 1. The summed E-state index contributed by atoms with van der Waals surface area (Å²) in [4.78, 5) is 30.9. The van der Waals surface area contributed by atoms with Crippen LogP contribution in [0.4, 0.5) is 0 Å². The number of nitrogens with zero attached hydrogens (tertiary/aromatic N) is 2. The van der Waals surface area contributed by atoms with Gasteiger partial charge in [0.15, 0.2) is 5.78 Å². The Morgan fingerprint density at radius 1 is 1.21 bits per heavy atom. The number of thiazole rings is 1. The molecule has 1 fully saturated rings. The maximum absolute atomic E-state index is 12.5. The summed E-state index contributed by atoms with van der Waals surface area (Å²) >= 11 is 1.41. The van der Waals surface area contributed by atoms with E-state index in [0.29, 0.717) is 38.2 Å². The molecular formula is C17H20ClN3O2S. The number of hydrogen-bond acceptors (Lipinski definition) is 5. The highest BCUT2D eigenvalue weighted by atomic mass is 35.5. The Balaban J connectivity index is 0.00000208. The molecule has 0 aliphatic carbocycles. The molecule has 1 aromatic heterocycles.